The van der Waals surface area contributed by atoms with Crippen LogP contribution >= 0.6 is 10.8 Å². The lowest BCUT2D eigenvalue weighted by atomic mass is 9.85. The maximum Gasteiger partial charge on any atom is 0.251 e. The maximum absolute atomic E-state index is 13.5. The second-order valence-corrected chi connectivity index (χ2v) is 12.4. The topological polar surface area (TPSA) is 119 Å². The summed E-state index contributed by atoms with van der Waals surface area (Å²) in [7, 11) is -2.80. The predicted molar refractivity (Wildman–Crippen MR) is 126 cm³/mol. The third kappa shape index (κ3) is 4.49. The number of nitrogens with one attached hydrogen (secondary N) is 1. The Labute approximate surface area is 195 Å². The number of ether oxygens (including phenoxy) is 1. The summed E-state index contributed by atoms with van der Waals surface area (Å²) < 4.78 is 27.5. The predicted octanol–water partition coefficient (Wildman–Crippen LogP) is 2.52. The Kier molecular flexibility index (Phi) is 6.24. The van der Waals surface area contributed by atoms with Crippen molar-refractivity contribution in [1.82, 2.24) is 10.2 Å². The van der Waals surface area contributed by atoms with E-state index >= 15 is 0 Å². The van der Waals surface area contributed by atoms with Crippen molar-refractivity contribution in [2.75, 3.05) is 29.8 Å². The van der Waals surface area contributed by atoms with Gasteiger partial charge in [-0.15, -0.1) is 10.8 Å². The zero-order chi connectivity index (χ0) is 24.1. The number of carbonyl (C=O) groups is 3. The second-order valence-electron chi connectivity index (χ2n) is 10.3. The van der Waals surface area contributed by atoms with Crippen molar-refractivity contribution in [1.29, 1.82) is 0 Å². The Bertz CT molecular complexity index is 945. The normalized spacial score (nSPS) is 28.5. The zero-order valence-corrected chi connectivity index (χ0v) is 20.3. The van der Waals surface area contributed by atoms with Crippen molar-refractivity contribution >= 4 is 34.1 Å². The van der Waals surface area contributed by atoms with Gasteiger partial charge in [0.1, 0.15) is 18.7 Å². The Morgan fingerprint density at radius 3 is 2.45 bits per heavy atom. The lowest BCUT2D eigenvalue weighted by Crippen LogP contribution is -2.57. The molecule has 4 rings (SSSR count). The zero-order valence-electron chi connectivity index (χ0n) is 19.5. The molecular weight excluding hydrogens is 446 g/mol. The minimum absolute atomic E-state index is 0.0179. The minimum atomic E-state index is -2.80. The third-order valence-electron chi connectivity index (χ3n) is 6.66. The van der Waals surface area contributed by atoms with E-state index in [1.807, 2.05) is 27.7 Å². The van der Waals surface area contributed by atoms with E-state index in [1.54, 1.807) is 33.5 Å². The van der Waals surface area contributed by atoms with Crippen LogP contribution in [0.15, 0.2) is 24.3 Å². The minimum Gasteiger partial charge on any atom is -0.367 e. The first-order valence-corrected chi connectivity index (χ1v) is 13.0. The number of likely N-dealkylation sites (tertiary alicyclic amines) is 1. The van der Waals surface area contributed by atoms with E-state index in [-0.39, 0.29) is 30.3 Å². The van der Waals surface area contributed by atoms with Crippen LogP contribution in [-0.2, 0) is 14.3 Å². The van der Waals surface area contributed by atoms with Gasteiger partial charge in [-0.05, 0) is 36.1 Å². The number of benzene rings is 1. The van der Waals surface area contributed by atoms with Crippen molar-refractivity contribution in [3.05, 3.63) is 29.8 Å². The van der Waals surface area contributed by atoms with Gasteiger partial charge in [-0.2, -0.15) is 0 Å². The van der Waals surface area contributed by atoms with Crippen LogP contribution in [0.2, 0.25) is 0 Å². The standard InChI is InChI=1S/C23H33N3O6S/c1-14-12-25(18-17(27)13-32-19(14)18)22(29)20(23(2,3)4)24-21(28)15-6-8-16(9-7-15)26-10-5-11-33(26,30)31/h6-9,14,18-20,30-31H,5,10-13H2,1-4H3,(H,24,28)/t14-,18+,19+,20?/m0/s1. The van der Waals surface area contributed by atoms with Gasteiger partial charge in [0.2, 0.25) is 5.91 Å². The number of hydrogen-bond donors (Lipinski definition) is 3. The van der Waals surface area contributed by atoms with Crippen molar-refractivity contribution in [2.45, 2.75) is 52.3 Å². The summed E-state index contributed by atoms with van der Waals surface area (Å²) in [5, 5.41) is 2.88. The molecule has 0 aromatic heterocycles. The Hall–Kier alpha value is -2.14. The first kappa shape index (κ1) is 24.0. The molecule has 1 unspecified atom stereocenters. The average Bonchev–Trinajstić information content (AvgIpc) is 3.40. The number of hydrogen-bond acceptors (Lipinski definition) is 7. The summed E-state index contributed by atoms with van der Waals surface area (Å²) in [5.41, 5.74) is 0.428. The Morgan fingerprint density at radius 1 is 1.21 bits per heavy atom. The molecule has 0 spiro atoms. The van der Waals surface area contributed by atoms with Crippen LogP contribution in [-0.4, -0.2) is 75.2 Å². The molecule has 3 saturated heterocycles. The molecule has 2 amide bonds. The van der Waals surface area contributed by atoms with Gasteiger partial charge < -0.3 is 15.0 Å². The van der Waals surface area contributed by atoms with Crippen molar-refractivity contribution in [2.24, 2.45) is 11.3 Å². The van der Waals surface area contributed by atoms with Crippen LogP contribution in [0.3, 0.4) is 0 Å². The summed E-state index contributed by atoms with van der Waals surface area (Å²) in [6.07, 6.45) is 0.410. The number of ketones is 1. The van der Waals surface area contributed by atoms with E-state index < -0.39 is 34.2 Å². The first-order chi connectivity index (χ1) is 15.4. The highest BCUT2D eigenvalue weighted by Gasteiger charge is 2.52. The molecule has 0 aliphatic carbocycles. The van der Waals surface area contributed by atoms with Gasteiger partial charge in [0.15, 0.2) is 5.78 Å². The summed E-state index contributed by atoms with van der Waals surface area (Å²) in [5.74, 6) is -0.389. The molecule has 9 nitrogen and oxygen atoms in total. The SMILES string of the molecule is C[C@H]1CN(C(=O)C(NC(=O)c2ccc(N3CCCS3(O)O)cc2)C(C)(C)C)[C@@H]2C(=O)CO[C@@H]21. The van der Waals surface area contributed by atoms with Crippen molar-refractivity contribution in [3.8, 4) is 0 Å². The molecule has 3 N–H and O–H groups in total. The Balaban J connectivity index is 1.50. The number of carbonyl (C=O) groups excluding carboxylic acids is 3. The fourth-order valence-corrected chi connectivity index (χ4v) is 6.50. The van der Waals surface area contributed by atoms with Gasteiger partial charge >= 0.3 is 0 Å². The molecule has 3 fully saturated rings. The van der Waals surface area contributed by atoms with E-state index in [1.165, 1.54) is 0 Å². The molecule has 10 heteroatoms. The van der Waals surface area contributed by atoms with Crippen LogP contribution in [0.5, 0.6) is 0 Å². The highest BCUT2D eigenvalue weighted by atomic mass is 32.3. The summed E-state index contributed by atoms with van der Waals surface area (Å²) in [4.78, 5) is 40.5. The van der Waals surface area contributed by atoms with Gasteiger partial charge in [-0.3, -0.25) is 27.8 Å². The van der Waals surface area contributed by atoms with Crippen LogP contribution in [0.25, 0.3) is 0 Å². The smallest absolute Gasteiger partial charge is 0.251 e. The Morgan fingerprint density at radius 2 is 1.88 bits per heavy atom. The van der Waals surface area contributed by atoms with Gasteiger partial charge in [-0.25, -0.2) is 0 Å². The highest BCUT2D eigenvalue weighted by molar-refractivity contribution is 8.25. The fraction of sp³-hybridized carbons (Fsp3) is 0.609. The van der Waals surface area contributed by atoms with Gasteiger partial charge in [0.05, 0.1) is 17.5 Å². The molecule has 3 aliphatic rings. The summed E-state index contributed by atoms with van der Waals surface area (Å²) >= 11 is 0. The van der Waals surface area contributed by atoms with E-state index in [2.05, 4.69) is 5.32 Å². The summed E-state index contributed by atoms with van der Waals surface area (Å²) in [6, 6.07) is 5.19. The highest BCUT2D eigenvalue weighted by Crippen LogP contribution is 2.50. The van der Waals surface area contributed by atoms with Crippen LogP contribution in [0, 0.1) is 11.3 Å². The van der Waals surface area contributed by atoms with Gasteiger partial charge in [0, 0.05) is 24.6 Å². The second kappa shape index (κ2) is 8.57. The number of fused-ring (bicyclic) bond motifs is 1. The molecule has 33 heavy (non-hydrogen) atoms. The lowest BCUT2D eigenvalue weighted by Gasteiger charge is -2.38. The van der Waals surface area contributed by atoms with E-state index in [0.717, 1.165) is 0 Å². The van der Waals surface area contributed by atoms with E-state index in [9.17, 15) is 23.5 Å². The summed E-state index contributed by atoms with van der Waals surface area (Å²) in [6.45, 7) is 8.57. The fourth-order valence-electron chi connectivity index (χ4n) is 4.88. The molecule has 3 aliphatic heterocycles. The quantitative estimate of drug-likeness (QED) is 0.607. The number of amides is 2. The molecule has 0 radical (unpaired) electrons. The molecule has 0 bridgehead atoms. The molecule has 182 valence electrons. The first-order valence-electron chi connectivity index (χ1n) is 11.3. The van der Waals surface area contributed by atoms with Crippen molar-refractivity contribution < 1.29 is 28.2 Å². The van der Waals surface area contributed by atoms with E-state index in [0.29, 0.717) is 36.5 Å². The van der Waals surface area contributed by atoms with E-state index in [4.69, 9.17) is 4.74 Å². The average molecular weight is 480 g/mol. The van der Waals surface area contributed by atoms with Crippen LogP contribution < -0.4 is 9.62 Å². The molecule has 1 aromatic carbocycles. The lowest BCUT2D eigenvalue weighted by molar-refractivity contribution is -0.140. The largest absolute Gasteiger partial charge is 0.367 e. The number of Topliss-reactive ketones (excluding diaryl/α,β-unsaturated/α-hetero) is 1. The number of anilines is 1. The molecule has 0 saturated carbocycles. The number of nitrogens with zero attached hydrogens (tertiary/aromatic N) is 2. The van der Waals surface area contributed by atoms with Crippen LogP contribution in [0.1, 0.15) is 44.5 Å². The molecular formula is C23H33N3O6S. The maximum atomic E-state index is 13.5. The van der Waals surface area contributed by atoms with Crippen LogP contribution in [0.4, 0.5) is 5.69 Å². The molecule has 1 aromatic rings. The van der Waals surface area contributed by atoms with Gasteiger partial charge in [-0.1, -0.05) is 27.7 Å². The van der Waals surface area contributed by atoms with Gasteiger partial charge in [0.25, 0.3) is 5.91 Å². The molecule has 4 atom stereocenters. The monoisotopic (exact) mass is 479 g/mol. The number of rotatable bonds is 4. The third-order valence-corrected chi connectivity index (χ3v) is 8.60. The van der Waals surface area contributed by atoms with Crippen molar-refractivity contribution in [3.63, 3.8) is 0 Å². The molecule has 3 heterocycles.